The normalized spacial score (nSPS) is 12.7. The maximum Gasteiger partial charge on any atom is 0.305 e. The molecule has 0 aliphatic rings. The van der Waals surface area contributed by atoms with Crippen molar-refractivity contribution < 1.29 is 24.5 Å². The first kappa shape index (κ1) is 79.1. The molecular weight excluding hydrogens is 995 g/mol. The van der Waals surface area contributed by atoms with Gasteiger partial charge in [-0.2, -0.15) is 0 Å². The van der Waals surface area contributed by atoms with Crippen molar-refractivity contribution in [3.8, 4) is 0 Å². The van der Waals surface area contributed by atoms with Gasteiger partial charge in [0.05, 0.1) is 25.4 Å². The predicted octanol–water partition coefficient (Wildman–Crippen LogP) is 23.9. The van der Waals surface area contributed by atoms with Crippen molar-refractivity contribution in [3.63, 3.8) is 0 Å². The zero-order chi connectivity index (χ0) is 58.5. The van der Waals surface area contributed by atoms with Gasteiger partial charge in [-0.1, -0.05) is 346 Å². The van der Waals surface area contributed by atoms with Crippen LogP contribution >= 0.6 is 0 Å². The summed E-state index contributed by atoms with van der Waals surface area (Å²) in [6.45, 7) is 4.98. The lowest BCUT2D eigenvalue weighted by Crippen LogP contribution is -2.45. The number of unbranched alkanes of at least 4 members (excludes halogenated alkanes) is 52. The first-order valence-electron chi connectivity index (χ1n) is 36.7. The van der Waals surface area contributed by atoms with E-state index in [-0.39, 0.29) is 18.5 Å². The summed E-state index contributed by atoms with van der Waals surface area (Å²) in [7, 11) is 0. The first-order valence-corrected chi connectivity index (χ1v) is 36.7. The highest BCUT2D eigenvalue weighted by molar-refractivity contribution is 5.76. The number of ether oxygens (including phenoxy) is 1. The van der Waals surface area contributed by atoms with Crippen LogP contribution in [0.15, 0.2) is 36.5 Å². The van der Waals surface area contributed by atoms with Gasteiger partial charge in [0.15, 0.2) is 0 Å². The van der Waals surface area contributed by atoms with Crippen LogP contribution in [0.4, 0.5) is 0 Å². The van der Waals surface area contributed by atoms with E-state index in [0.717, 1.165) is 51.4 Å². The van der Waals surface area contributed by atoms with Gasteiger partial charge < -0.3 is 20.3 Å². The molecule has 0 aromatic rings. The van der Waals surface area contributed by atoms with Crippen LogP contribution in [0.3, 0.4) is 0 Å². The van der Waals surface area contributed by atoms with Gasteiger partial charge in [-0.25, -0.2) is 0 Å². The summed E-state index contributed by atoms with van der Waals surface area (Å²) in [5.41, 5.74) is 0. The molecule has 2 atom stereocenters. The van der Waals surface area contributed by atoms with Gasteiger partial charge in [0, 0.05) is 12.8 Å². The average Bonchev–Trinajstić information content (AvgIpc) is 3.47. The Bertz CT molecular complexity index is 1310. The molecule has 0 aromatic heterocycles. The Morgan fingerprint density at radius 3 is 0.951 bits per heavy atom. The lowest BCUT2D eigenvalue weighted by molar-refractivity contribution is -0.143. The second kappa shape index (κ2) is 70.6. The Hall–Kier alpha value is -1.92. The lowest BCUT2D eigenvalue weighted by Gasteiger charge is -2.22. The standard InChI is InChI=1S/C75H143NO5/c1-3-5-7-9-11-13-15-17-19-21-36-39-43-47-51-55-59-63-67-73(78)72(71-77)76-74(79)68-64-60-56-52-48-44-40-37-33-31-29-27-25-23-22-24-26-28-30-32-34-38-42-46-50-54-58-62-66-70-81-75(80)69-65-61-57-53-49-45-41-35-20-18-16-14-12-10-8-6-4-2/h18,20,22,24,28,30,72-73,77-78H,3-17,19,21,23,25-27,29,31-71H2,1-2H3,(H,76,79)/b20-18-,24-22-,30-28-. The zero-order valence-corrected chi connectivity index (χ0v) is 54.8. The third-order valence-electron chi connectivity index (χ3n) is 17.2. The van der Waals surface area contributed by atoms with Gasteiger partial charge in [-0.05, 0) is 83.5 Å². The highest BCUT2D eigenvalue weighted by Gasteiger charge is 2.20. The smallest absolute Gasteiger partial charge is 0.305 e. The maximum absolute atomic E-state index is 12.5. The Morgan fingerprint density at radius 1 is 0.346 bits per heavy atom. The number of aliphatic hydroxyl groups is 2. The van der Waals surface area contributed by atoms with Crippen LogP contribution in [0.2, 0.25) is 0 Å². The van der Waals surface area contributed by atoms with Gasteiger partial charge in [-0.3, -0.25) is 9.59 Å². The van der Waals surface area contributed by atoms with E-state index in [4.69, 9.17) is 4.74 Å². The molecule has 1 amide bonds. The SMILES string of the molecule is CCCCCCCC/C=C\CCCCCCCCCC(=O)OCCCCCCCCCCC/C=C\C/C=C\CCCCCCCCCCCCCCCC(=O)NC(CO)C(O)CCCCCCCCCCCCCCCCCCCC. The summed E-state index contributed by atoms with van der Waals surface area (Å²) in [4.78, 5) is 24.6. The minimum Gasteiger partial charge on any atom is -0.466 e. The third-order valence-corrected chi connectivity index (χ3v) is 17.2. The van der Waals surface area contributed by atoms with E-state index < -0.39 is 12.1 Å². The molecule has 0 rings (SSSR count). The van der Waals surface area contributed by atoms with Gasteiger partial charge in [0.2, 0.25) is 5.91 Å². The van der Waals surface area contributed by atoms with Crippen molar-refractivity contribution in [1.29, 1.82) is 0 Å². The molecule has 0 bridgehead atoms. The second-order valence-electron chi connectivity index (χ2n) is 25.3. The molecule has 6 heteroatoms. The van der Waals surface area contributed by atoms with Crippen LogP contribution in [-0.4, -0.2) is 47.4 Å². The van der Waals surface area contributed by atoms with Crippen LogP contribution < -0.4 is 5.32 Å². The minimum atomic E-state index is -0.666. The van der Waals surface area contributed by atoms with Gasteiger partial charge in [-0.15, -0.1) is 0 Å². The number of carbonyl (C=O) groups is 2. The summed E-state index contributed by atoms with van der Waals surface area (Å²) in [5, 5.41) is 23.4. The van der Waals surface area contributed by atoms with Crippen LogP contribution in [0, 0.1) is 0 Å². The Balaban J connectivity index is 3.40. The van der Waals surface area contributed by atoms with E-state index in [1.807, 2.05) is 0 Å². The number of aliphatic hydroxyl groups excluding tert-OH is 2. The fraction of sp³-hybridized carbons (Fsp3) is 0.893. The molecule has 81 heavy (non-hydrogen) atoms. The third kappa shape index (κ3) is 67.1. The fourth-order valence-electron chi connectivity index (χ4n) is 11.6. The van der Waals surface area contributed by atoms with Crippen molar-refractivity contribution in [2.75, 3.05) is 13.2 Å². The molecule has 0 radical (unpaired) electrons. The number of allylic oxidation sites excluding steroid dienone is 6. The maximum atomic E-state index is 12.5. The highest BCUT2D eigenvalue weighted by atomic mass is 16.5. The second-order valence-corrected chi connectivity index (χ2v) is 25.3. The van der Waals surface area contributed by atoms with E-state index in [9.17, 15) is 19.8 Å². The number of hydrogen-bond acceptors (Lipinski definition) is 5. The van der Waals surface area contributed by atoms with Crippen LogP contribution in [0.5, 0.6) is 0 Å². The van der Waals surface area contributed by atoms with Crippen LogP contribution in [0.25, 0.3) is 0 Å². The molecule has 3 N–H and O–H groups in total. The van der Waals surface area contributed by atoms with Crippen LogP contribution in [0.1, 0.15) is 406 Å². The molecule has 478 valence electrons. The number of amides is 1. The molecule has 0 aliphatic heterocycles. The van der Waals surface area contributed by atoms with E-state index in [1.165, 1.54) is 321 Å². The zero-order valence-electron chi connectivity index (χ0n) is 54.8. The van der Waals surface area contributed by atoms with Crippen molar-refractivity contribution in [2.24, 2.45) is 0 Å². The number of rotatable bonds is 69. The minimum absolute atomic E-state index is 0.00929. The fourth-order valence-corrected chi connectivity index (χ4v) is 11.6. The first-order chi connectivity index (χ1) is 40.0. The van der Waals surface area contributed by atoms with Crippen molar-refractivity contribution in [3.05, 3.63) is 36.5 Å². The molecule has 0 fully saturated rings. The molecule has 6 nitrogen and oxygen atoms in total. The molecular formula is C75H143NO5. The summed E-state index contributed by atoms with van der Waals surface area (Å²) in [6.07, 6.45) is 90.6. The molecule has 0 heterocycles. The van der Waals surface area contributed by atoms with Gasteiger partial charge in [0.25, 0.3) is 0 Å². The number of esters is 1. The Labute approximate surface area is 506 Å². The molecule has 0 spiro atoms. The van der Waals surface area contributed by atoms with E-state index in [1.54, 1.807) is 0 Å². The molecule has 2 unspecified atom stereocenters. The average molecular weight is 1140 g/mol. The topological polar surface area (TPSA) is 95.9 Å². The van der Waals surface area contributed by atoms with Crippen molar-refractivity contribution in [2.45, 2.75) is 418 Å². The monoisotopic (exact) mass is 1140 g/mol. The molecule has 0 aromatic carbocycles. The molecule has 0 saturated heterocycles. The van der Waals surface area contributed by atoms with Crippen molar-refractivity contribution in [1.82, 2.24) is 5.32 Å². The quantitative estimate of drug-likeness (QED) is 0.0320. The van der Waals surface area contributed by atoms with Gasteiger partial charge >= 0.3 is 5.97 Å². The van der Waals surface area contributed by atoms with E-state index in [0.29, 0.717) is 25.9 Å². The van der Waals surface area contributed by atoms with E-state index in [2.05, 4.69) is 55.6 Å². The number of carbonyl (C=O) groups excluding carboxylic acids is 2. The summed E-state index contributed by atoms with van der Waals surface area (Å²) in [6, 6.07) is -0.543. The lowest BCUT2D eigenvalue weighted by atomic mass is 10.0. The van der Waals surface area contributed by atoms with Crippen molar-refractivity contribution >= 4 is 11.9 Å². The Morgan fingerprint density at radius 2 is 0.617 bits per heavy atom. The summed E-state index contributed by atoms with van der Waals surface area (Å²) >= 11 is 0. The largest absolute Gasteiger partial charge is 0.466 e. The summed E-state index contributed by atoms with van der Waals surface area (Å²) < 4.78 is 5.50. The molecule has 0 aliphatic carbocycles. The summed E-state index contributed by atoms with van der Waals surface area (Å²) in [5.74, 6) is -0.0232. The number of hydrogen-bond donors (Lipinski definition) is 3. The highest BCUT2D eigenvalue weighted by Crippen LogP contribution is 2.19. The Kier molecular flexibility index (Phi) is 68.9. The predicted molar refractivity (Wildman–Crippen MR) is 356 cm³/mol. The number of nitrogens with one attached hydrogen (secondary N) is 1. The molecule has 0 saturated carbocycles. The van der Waals surface area contributed by atoms with Crippen LogP contribution in [-0.2, 0) is 14.3 Å². The van der Waals surface area contributed by atoms with Gasteiger partial charge in [0.1, 0.15) is 0 Å². The van der Waals surface area contributed by atoms with E-state index >= 15 is 0 Å².